The fourth-order valence-corrected chi connectivity index (χ4v) is 4.19. The number of hydrogen-bond acceptors (Lipinski definition) is 3. The highest BCUT2D eigenvalue weighted by Gasteiger charge is 2.28. The first-order chi connectivity index (χ1) is 14.9. The van der Waals surface area contributed by atoms with Gasteiger partial charge in [-0.25, -0.2) is 4.79 Å². The van der Waals surface area contributed by atoms with Crippen molar-refractivity contribution in [3.05, 3.63) is 52.9 Å². The second-order valence-electron chi connectivity index (χ2n) is 8.09. The van der Waals surface area contributed by atoms with Crippen LogP contribution in [0, 0.1) is 6.92 Å². The minimum absolute atomic E-state index is 0.0152. The Labute approximate surface area is 186 Å². The van der Waals surface area contributed by atoms with Crippen LogP contribution in [0.5, 0.6) is 0 Å². The van der Waals surface area contributed by atoms with Crippen LogP contribution in [0.1, 0.15) is 24.2 Å². The average Bonchev–Trinajstić information content (AvgIpc) is 3.36. The Morgan fingerprint density at radius 2 is 2.16 bits per heavy atom. The number of carbonyl (C=O) groups is 2. The molecule has 4 rings (SSSR count). The Morgan fingerprint density at radius 1 is 1.32 bits per heavy atom. The van der Waals surface area contributed by atoms with Crippen molar-refractivity contribution in [3.8, 4) is 0 Å². The van der Waals surface area contributed by atoms with Gasteiger partial charge >= 0.3 is 6.03 Å². The standard InChI is InChI=1S/C22H27ClN6O2/c1-15-7-9-29(26-15)14-21(30)28-8-3-4-19(13-28)27(2)22(31)24-12-18-11-16-10-17(23)5-6-20(16)25-18/h5-7,9-11,19,25H,3-4,8,12-14H2,1-2H3,(H,24,31)/t19-/m1/s1. The van der Waals surface area contributed by atoms with Crippen molar-refractivity contribution in [3.63, 3.8) is 0 Å². The Morgan fingerprint density at radius 3 is 2.94 bits per heavy atom. The quantitative estimate of drug-likeness (QED) is 0.636. The second-order valence-corrected chi connectivity index (χ2v) is 8.52. The molecule has 1 fully saturated rings. The van der Waals surface area contributed by atoms with Crippen LogP contribution in [0.2, 0.25) is 5.02 Å². The molecule has 0 spiro atoms. The average molecular weight is 443 g/mol. The molecule has 8 nitrogen and oxygen atoms in total. The number of nitrogens with zero attached hydrogens (tertiary/aromatic N) is 4. The van der Waals surface area contributed by atoms with Gasteiger partial charge in [0.05, 0.1) is 18.3 Å². The summed E-state index contributed by atoms with van der Waals surface area (Å²) in [6.07, 6.45) is 3.56. The molecule has 1 saturated heterocycles. The largest absolute Gasteiger partial charge is 0.357 e. The summed E-state index contributed by atoms with van der Waals surface area (Å²) < 4.78 is 1.66. The lowest BCUT2D eigenvalue weighted by molar-refractivity contribution is -0.133. The number of carbonyl (C=O) groups excluding carboxylic acids is 2. The topological polar surface area (TPSA) is 86.3 Å². The fraction of sp³-hybridized carbons (Fsp3) is 0.409. The number of rotatable bonds is 5. The van der Waals surface area contributed by atoms with Gasteiger partial charge in [0, 0.05) is 48.0 Å². The first-order valence-corrected chi connectivity index (χ1v) is 10.8. The molecule has 0 saturated carbocycles. The van der Waals surface area contributed by atoms with Crippen LogP contribution in [0.3, 0.4) is 0 Å². The van der Waals surface area contributed by atoms with Gasteiger partial charge in [-0.3, -0.25) is 9.48 Å². The molecule has 2 aromatic heterocycles. The van der Waals surface area contributed by atoms with E-state index in [-0.39, 0.29) is 24.5 Å². The van der Waals surface area contributed by atoms with Crippen molar-refractivity contribution in [2.45, 2.75) is 38.9 Å². The molecule has 3 amide bonds. The Kier molecular flexibility index (Phi) is 6.18. The summed E-state index contributed by atoms with van der Waals surface area (Å²) in [7, 11) is 1.79. The predicted molar refractivity (Wildman–Crippen MR) is 120 cm³/mol. The Balaban J connectivity index is 1.31. The molecular weight excluding hydrogens is 416 g/mol. The third-order valence-corrected chi connectivity index (χ3v) is 5.99. The van der Waals surface area contributed by atoms with Crippen molar-refractivity contribution in [1.29, 1.82) is 0 Å². The number of amides is 3. The van der Waals surface area contributed by atoms with Gasteiger partial charge in [0.25, 0.3) is 0 Å². The molecule has 1 aliphatic rings. The number of piperidine rings is 1. The third kappa shape index (κ3) is 5.02. The van der Waals surface area contributed by atoms with Gasteiger partial charge in [0.2, 0.25) is 5.91 Å². The highest BCUT2D eigenvalue weighted by atomic mass is 35.5. The lowest BCUT2D eigenvalue weighted by Gasteiger charge is -2.37. The number of aromatic nitrogens is 3. The molecule has 31 heavy (non-hydrogen) atoms. The number of fused-ring (bicyclic) bond motifs is 1. The van der Waals surface area contributed by atoms with Crippen LogP contribution in [0.25, 0.3) is 10.9 Å². The van der Waals surface area contributed by atoms with E-state index in [2.05, 4.69) is 15.4 Å². The van der Waals surface area contributed by atoms with Crippen LogP contribution < -0.4 is 5.32 Å². The van der Waals surface area contributed by atoms with Gasteiger partial charge in [0.1, 0.15) is 6.54 Å². The smallest absolute Gasteiger partial charge is 0.317 e. The van der Waals surface area contributed by atoms with E-state index in [0.29, 0.717) is 24.7 Å². The van der Waals surface area contributed by atoms with Gasteiger partial charge in [-0.1, -0.05) is 11.6 Å². The molecule has 9 heteroatoms. The number of benzene rings is 1. The molecule has 0 radical (unpaired) electrons. The number of likely N-dealkylation sites (tertiary alicyclic amines) is 1. The molecule has 2 N–H and O–H groups in total. The van der Waals surface area contributed by atoms with Gasteiger partial charge in [0.15, 0.2) is 0 Å². The number of urea groups is 1. The minimum atomic E-state index is -0.154. The highest BCUT2D eigenvalue weighted by molar-refractivity contribution is 6.31. The summed E-state index contributed by atoms with van der Waals surface area (Å²) in [5.41, 5.74) is 2.78. The fourth-order valence-electron chi connectivity index (χ4n) is 4.01. The molecular formula is C22H27ClN6O2. The van der Waals surface area contributed by atoms with Crippen LogP contribution in [-0.4, -0.2) is 62.7 Å². The Hall–Kier alpha value is -3.00. The maximum absolute atomic E-state index is 12.7. The maximum Gasteiger partial charge on any atom is 0.317 e. The number of H-pyrrole nitrogens is 1. The van der Waals surface area contributed by atoms with Gasteiger partial charge in [-0.05, 0) is 50.1 Å². The molecule has 164 valence electrons. The van der Waals surface area contributed by atoms with E-state index in [1.54, 1.807) is 16.6 Å². The number of likely N-dealkylation sites (N-methyl/N-ethyl adjacent to an activating group) is 1. The zero-order chi connectivity index (χ0) is 22.0. The van der Waals surface area contributed by atoms with E-state index in [0.717, 1.165) is 35.1 Å². The van der Waals surface area contributed by atoms with Crippen LogP contribution in [0.4, 0.5) is 4.79 Å². The summed E-state index contributed by atoms with van der Waals surface area (Å²) >= 11 is 6.04. The minimum Gasteiger partial charge on any atom is -0.357 e. The maximum atomic E-state index is 12.7. The van der Waals surface area contributed by atoms with Crippen molar-refractivity contribution in [1.82, 2.24) is 29.9 Å². The molecule has 1 aromatic carbocycles. The van der Waals surface area contributed by atoms with Gasteiger partial charge < -0.3 is 20.1 Å². The van der Waals surface area contributed by atoms with E-state index in [4.69, 9.17) is 11.6 Å². The monoisotopic (exact) mass is 442 g/mol. The van der Waals surface area contributed by atoms with E-state index in [9.17, 15) is 9.59 Å². The van der Waals surface area contributed by atoms with E-state index < -0.39 is 0 Å². The number of aromatic amines is 1. The van der Waals surface area contributed by atoms with Crippen LogP contribution in [-0.2, 0) is 17.9 Å². The second kappa shape index (κ2) is 9.01. The molecule has 3 aromatic rings. The molecule has 0 aliphatic carbocycles. The molecule has 1 atom stereocenters. The summed E-state index contributed by atoms with van der Waals surface area (Å²) in [6.45, 7) is 3.76. The normalized spacial score (nSPS) is 16.5. The summed E-state index contributed by atoms with van der Waals surface area (Å²) in [5.74, 6) is 0.0262. The highest BCUT2D eigenvalue weighted by Crippen LogP contribution is 2.20. The molecule has 3 heterocycles. The number of nitrogens with one attached hydrogen (secondary N) is 2. The molecule has 0 unspecified atom stereocenters. The van der Waals surface area contributed by atoms with Crippen molar-refractivity contribution >= 4 is 34.4 Å². The number of aryl methyl sites for hydroxylation is 1. The summed E-state index contributed by atoms with van der Waals surface area (Å²) in [5, 5.41) is 8.94. The van der Waals surface area contributed by atoms with Crippen molar-refractivity contribution < 1.29 is 9.59 Å². The number of hydrogen-bond donors (Lipinski definition) is 2. The van der Waals surface area contributed by atoms with Crippen molar-refractivity contribution in [2.24, 2.45) is 0 Å². The van der Waals surface area contributed by atoms with E-state index in [1.165, 1.54) is 0 Å². The van der Waals surface area contributed by atoms with Gasteiger partial charge in [-0.15, -0.1) is 0 Å². The first kappa shape index (κ1) is 21.2. The Bertz CT molecular complexity index is 1090. The zero-order valence-corrected chi connectivity index (χ0v) is 18.5. The predicted octanol–water partition coefficient (Wildman–Crippen LogP) is 3.16. The van der Waals surface area contributed by atoms with Gasteiger partial charge in [-0.2, -0.15) is 5.10 Å². The molecule has 1 aliphatic heterocycles. The van der Waals surface area contributed by atoms with Crippen LogP contribution in [0.15, 0.2) is 36.5 Å². The third-order valence-electron chi connectivity index (χ3n) is 5.76. The van der Waals surface area contributed by atoms with Crippen molar-refractivity contribution in [2.75, 3.05) is 20.1 Å². The molecule has 0 bridgehead atoms. The SMILES string of the molecule is Cc1ccn(CC(=O)N2CCC[C@@H](N(C)C(=O)NCc3cc4cc(Cl)ccc4[nH]3)C2)n1. The lowest BCUT2D eigenvalue weighted by atomic mass is 10.0. The first-order valence-electron chi connectivity index (χ1n) is 10.4. The summed E-state index contributed by atoms with van der Waals surface area (Å²) in [6, 6.07) is 9.35. The lowest BCUT2D eigenvalue weighted by Crippen LogP contribution is -2.53. The van der Waals surface area contributed by atoms with E-state index >= 15 is 0 Å². The van der Waals surface area contributed by atoms with E-state index in [1.807, 2.05) is 48.4 Å². The van der Waals surface area contributed by atoms with Crippen LogP contribution >= 0.6 is 11.6 Å². The zero-order valence-electron chi connectivity index (χ0n) is 17.8. The summed E-state index contributed by atoms with van der Waals surface area (Å²) in [4.78, 5) is 32.2. The number of halogens is 1.